The molecule has 2 aromatic rings. The van der Waals surface area contributed by atoms with Crippen molar-refractivity contribution in [1.29, 1.82) is 0 Å². The summed E-state index contributed by atoms with van der Waals surface area (Å²) in [6, 6.07) is 8.95. The van der Waals surface area contributed by atoms with Crippen LogP contribution in [0.15, 0.2) is 36.7 Å². The fourth-order valence-electron chi connectivity index (χ4n) is 2.33. The van der Waals surface area contributed by atoms with E-state index in [1.54, 1.807) is 0 Å². The van der Waals surface area contributed by atoms with E-state index in [-0.39, 0.29) is 0 Å². The van der Waals surface area contributed by atoms with Gasteiger partial charge in [0.15, 0.2) is 0 Å². The minimum absolute atomic E-state index is 0.396. The number of aromatic nitrogens is 1. The second-order valence-electron chi connectivity index (χ2n) is 4.72. The van der Waals surface area contributed by atoms with E-state index in [9.17, 15) is 0 Å². The van der Waals surface area contributed by atoms with Crippen LogP contribution in [0, 0.1) is 5.92 Å². The molecule has 0 radical (unpaired) electrons. The van der Waals surface area contributed by atoms with Crippen LogP contribution < -0.4 is 5.32 Å². The highest BCUT2D eigenvalue weighted by Crippen LogP contribution is 2.28. The number of nitrogens with zero attached hydrogens (tertiary/aromatic N) is 1. The number of nitrogens with one attached hydrogen (secondary N) is 1. The van der Waals surface area contributed by atoms with Crippen LogP contribution in [0.25, 0.3) is 10.8 Å². The normalized spacial score (nSPS) is 13.2. The third-order valence-electron chi connectivity index (χ3n) is 3.14. The molecule has 0 aliphatic heterocycles. The summed E-state index contributed by atoms with van der Waals surface area (Å²) < 4.78 is 0. The highest BCUT2D eigenvalue weighted by atomic mass is 14.9. The lowest BCUT2D eigenvalue weighted by Gasteiger charge is -2.23. The molecule has 1 aromatic heterocycles. The van der Waals surface area contributed by atoms with E-state index in [0.717, 1.165) is 6.54 Å². The maximum atomic E-state index is 4.25. The van der Waals surface area contributed by atoms with Crippen molar-refractivity contribution in [2.24, 2.45) is 5.92 Å². The number of rotatable bonds is 4. The Morgan fingerprint density at radius 3 is 2.76 bits per heavy atom. The fraction of sp³-hybridized carbons (Fsp3) is 0.400. The third-order valence-corrected chi connectivity index (χ3v) is 3.14. The Balaban J connectivity index is 2.52. The van der Waals surface area contributed by atoms with Gasteiger partial charge in [-0.3, -0.25) is 4.98 Å². The summed E-state index contributed by atoms with van der Waals surface area (Å²) in [4.78, 5) is 4.25. The zero-order valence-electron chi connectivity index (χ0n) is 10.8. The van der Waals surface area contributed by atoms with E-state index >= 15 is 0 Å². The highest BCUT2D eigenvalue weighted by molar-refractivity contribution is 5.85. The van der Waals surface area contributed by atoms with Crippen LogP contribution >= 0.6 is 0 Å². The van der Waals surface area contributed by atoms with E-state index in [1.807, 2.05) is 12.4 Å². The first-order chi connectivity index (χ1) is 8.24. The summed E-state index contributed by atoms with van der Waals surface area (Å²) in [5.41, 5.74) is 1.35. The van der Waals surface area contributed by atoms with Gasteiger partial charge in [-0.25, -0.2) is 0 Å². The lowest BCUT2D eigenvalue weighted by Crippen LogP contribution is -2.25. The standard InChI is InChI=1S/C15H20N2/c1-4-17-15(11(2)3)13-7-5-6-12-8-9-16-10-14(12)13/h5-11,15,17H,4H2,1-3H3. The Hall–Kier alpha value is -1.41. The van der Waals surface area contributed by atoms with Crippen LogP contribution in [0.5, 0.6) is 0 Å². The van der Waals surface area contributed by atoms with Crippen LogP contribution in [0.4, 0.5) is 0 Å². The van der Waals surface area contributed by atoms with Crippen LogP contribution in [0.2, 0.25) is 0 Å². The molecule has 0 bridgehead atoms. The van der Waals surface area contributed by atoms with E-state index in [4.69, 9.17) is 0 Å². The Morgan fingerprint density at radius 2 is 2.06 bits per heavy atom. The van der Waals surface area contributed by atoms with Crippen molar-refractivity contribution >= 4 is 10.8 Å². The SMILES string of the molecule is CCNC(c1cccc2ccncc12)C(C)C. The molecular formula is C15H20N2. The Morgan fingerprint density at radius 1 is 1.24 bits per heavy atom. The minimum Gasteiger partial charge on any atom is -0.310 e. The second kappa shape index (κ2) is 5.28. The largest absolute Gasteiger partial charge is 0.310 e. The van der Waals surface area contributed by atoms with E-state index in [0.29, 0.717) is 12.0 Å². The molecule has 0 fully saturated rings. The molecule has 0 aliphatic rings. The first-order valence-electron chi connectivity index (χ1n) is 6.30. The molecule has 1 atom stereocenters. The molecule has 2 rings (SSSR count). The van der Waals surface area contributed by atoms with E-state index < -0.39 is 0 Å². The molecule has 0 spiro atoms. The summed E-state index contributed by atoms with van der Waals surface area (Å²) in [7, 11) is 0. The summed E-state index contributed by atoms with van der Waals surface area (Å²) in [6.07, 6.45) is 3.82. The molecule has 1 N–H and O–H groups in total. The quantitative estimate of drug-likeness (QED) is 0.865. The molecule has 1 unspecified atom stereocenters. The topological polar surface area (TPSA) is 24.9 Å². The van der Waals surface area contributed by atoms with Gasteiger partial charge in [0, 0.05) is 23.8 Å². The van der Waals surface area contributed by atoms with Gasteiger partial charge in [-0.05, 0) is 29.5 Å². The predicted octanol–water partition coefficient (Wildman–Crippen LogP) is 3.54. The molecule has 90 valence electrons. The third kappa shape index (κ3) is 2.47. The van der Waals surface area contributed by atoms with Gasteiger partial charge in [-0.1, -0.05) is 39.0 Å². The van der Waals surface area contributed by atoms with Gasteiger partial charge in [0.2, 0.25) is 0 Å². The van der Waals surface area contributed by atoms with Gasteiger partial charge in [0.1, 0.15) is 0 Å². The molecular weight excluding hydrogens is 208 g/mol. The van der Waals surface area contributed by atoms with Crippen LogP contribution in [0.1, 0.15) is 32.4 Å². The van der Waals surface area contributed by atoms with Crippen LogP contribution in [-0.4, -0.2) is 11.5 Å². The molecule has 0 saturated carbocycles. The lowest BCUT2D eigenvalue weighted by atomic mass is 9.92. The average molecular weight is 228 g/mol. The zero-order chi connectivity index (χ0) is 12.3. The number of benzene rings is 1. The van der Waals surface area contributed by atoms with Gasteiger partial charge in [-0.15, -0.1) is 0 Å². The Bertz CT molecular complexity index is 486. The molecule has 2 heteroatoms. The molecule has 2 nitrogen and oxygen atoms in total. The van der Waals surface area contributed by atoms with Crippen molar-refractivity contribution in [3.05, 3.63) is 42.2 Å². The molecule has 0 amide bonds. The summed E-state index contributed by atoms with van der Waals surface area (Å²) in [5, 5.41) is 6.09. The maximum absolute atomic E-state index is 4.25. The van der Waals surface area contributed by atoms with Gasteiger partial charge in [0.25, 0.3) is 0 Å². The van der Waals surface area contributed by atoms with E-state index in [1.165, 1.54) is 16.3 Å². The van der Waals surface area contributed by atoms with Crippen LogP contribution in [-0.2, 0) is 0 Å². The average Bonchev–Trinajstić information content (AvgIpc) is 2.35. The molecule has 0 saturated heterocycles. The minimum atomic E-state index is 0.396. The maximum Gasteiger partial charge on any atom is 0.0350 e. The number of fused-ring (bicyclic) bond motifs is 1. The number of hydrogen-bond donors (Lipinski definition) is 1. The van der Waals surface area contributed by atoms with Crippen molar-refractivity contribution < 1.29 is 0 Å². The van der Waals surface area contributed by atoms with Crippen molar-refractivity contribution in [1.82, 2.24) is 10.3 Å². The number of hydrogen-bond acceptors (Lipinski definition) is 2. The lowest BCUT2D eigenvalue weighted by molar-refractivity contribution is 0.424. The fourth-order valence-corrected chi connectivity index (χ4v) is 2.33. The smallest absolute Gasteiger partial charge is 0.0350 e. The molecule has 17 heavy (non-hydrogen) atoms. The first-order valence-corrected chi connectivity index (χ1v) is 6.30. The zero-order valence-corrected chi connectivity index (χ0v) is 10.8. The Kier molecular flexibility index (Phi) is 3.75. The number of pyridine rings is 1. The predicted molar refractivity (Wildman–Crippen MR) is 73.0 cm³/mol. The summed E-state index contributed by atoms with van der Waals surface area (Å²) >= 11 is 0. The van der Waals surface area contributed by atoms with Gasteiger partial charge >= 0.3 is 0 Å². The van der Waals surface area contributed by atoms with Gasteiger partial charge in [0.05, 0.1) is 0 Å². The van der Waals surface area contributed by atoms with Crippen molar-refractivity contribution in [2.45, 2.75) is 26.8 Å². The van der Waals surface area contributed by atoms with Gasteiger partial charge < -0.3 is 5.32 Å². The summed E-state index contributed by atoms with van der Waals surface area (Å²) in [6.45, 7) is 7.64. The first kappa shape index (κ1) is 12.1. The highest BCUT2D eigenvalue weighted by Gasteiger charge is 2.16. The van der Waals surface area contributed by atoms with Crippen LogP contribution in [0.3, 0.4) is 0 Å². The second-order valence-corrected chi connectivity index (χ2v) is 4.72. The van der Waals surface area contributed by atoms with Gasteiger partial charge in [-0.2, -0.15) is 0 Å². The molecule has 1 heterocycles. The molecule has 0 aliphatic carbocycles. The van der Waals surface area contributed by atoms with E-state index in [2.05, 4.69) is 55.3 Å². The Labute approximate surface area is 103 Å². The van der Waals surface area contributed by atoms with Crippen molar-refractivity contribution in [2.75, 3.05) is 6.54 Å². The van der Waals surface area contributed by atoms with Crippen molar-refractivity contribution in [3.8, 4) is 0 Å². The summed E-state index contributed by atoms with van der Waals surface area (Å²) in [5.74, 6) is 0.570. The monoisotopic (exact) mass is 228 g/mol. The molecule has 1 aromatic carbocycles. The van der Waals surface area contributed by atoms with Crippen molar-refractivity contribution in [3.63, 3.8) is 0 Å².